The molecule has 0 N–H and O–H groups in total. The van der Waals surface area contributed by atoms with Crippen molar-refractivity contribution in [2.45, 2.75) is 31.7 Å². The van der Waals surface area contributed by atoms with Crippen molar-refractivity contribution in [2.75, 3.05) is 7.11 Å². The lowest BCUT2D eigenvalue weighted by Crippen LogP contribution is -2.17. The Kier molecular flexibility index (Phi) is 4.25. The zero-order valence-corrected chi connectivity index (χ0v) is 12.9. The molecule has 0 saturated heterocycles. The van der Waals surface area contributed by atoms with Crippen molar-refractivity contribution in [1.29, 1.82) is 0 Å². The molecule has 2 aromatic rings. The third-order valence-corrected chi connectivity index (χ3v) is 3.81. The predicted octanol–water partition coefficient (Wildman–Crippen LogP) is 4.92. The maximum atomic E-state index is 12.6. The van der Waals surface area contributed by atoms with Crippen molar-refractivity contribution < 1.29 is 27.2 Å². The third kappa shape index (κ3) is 3.45. The Morgan fingerprint density at radius 3 is 2.70 bits per heavy atom. The van der Waals surface area contributed by atoms with Gasteiger partial charge in [-0.15, -0.1) is 13.2 Å². The summed E-state index contributed by atoms with van der Waals surface area (Å²) in [6.07, 6.45) is -2.91. The molecule has 0 radical (unpaired) electrons. The van der Waals surface area contributed by atoms with Gasteiger partial charge in [0.1, 0.15) is 17.2 Å². The van der Waals surface area contributed by atoms with Gasteiger partial charge in [0.05, 0.1) is 17.2 Å². The molecule has 1 aromatic heterocycles. The fourth-order valence-electron chi connectivity index (χ4n) is 2.41. The van der Waals surface area contributed by atoms with Crippen LogP contribution in [0.2, 0.25) is 5.02 Å². The molecule has 0 spiro atoms. The molecule has 8 heteroatoms. The molecule has 0 bridgehead atoms. The molecule has 0 amide bonds. The van der Waals surface area contributed by atoms with E-state index in [9.17, 15) is 13.2 Å². The van der Waals surface area contributed by atoms with Gasteiger partial charge >= 0.3 is 6.36 Å². The lowest BCUT2D eigenvalue weighted by molar-refractivity contribution is -0.274. The van der Waals surface area contributed by atoms with Crippen LogP contribution in [0.4, 0.5) is 13.2 Å². The zero-order chi connectivity index (χ0) is 16.6. The summed E-state index contributed by atoms with van der Waals surface area (Å²) in [5.74, 6) is 0.452. The number of methoxy groups -OCH3 is 1. The SMILES string of the molecule is COCc1c(-c2c(Cl)cccc2OC(F)(F)F)noc1C1CC1. The van der Waals surface area contributed by atoms with Gasteiger partial charge in [-0.05, 0) is 25.0 Å². The van der Waals surface area contributed by atoms with E-state index in [4.69, 9.17) is 20.9 Å². The lowest BCUT2D eigenvalue weighted by atomic mass is 10.0. The second-order valence-electron chi connectivity index (χ2n) is 5.24. The van der Waals surface area contributed by atoms with Crippen LogP contribution in [0.3, 0.4) is 0 Å². The monoisotopic (exact) mass is 347 g/mol. The molecule has 1 saturated carbocycles. The van der Waals surface area contributed by atoms with Crippen LogP contribution in [0.25, 0.3) is 11.3 Å². The van der Waals surface area contributed by atoms with E-state index in [1.807, 2.05) is 0 Å². The Hall–Kier alpha value is -1.73. The first-order valence-corrected chi connectivity index (χ1v) is 7.30. The summed E-state index contributed by atoms with van der Waals surface area (Å²) >= 11 is 6.10. The minimum atomic E-state index is -4.83. The van der Waals surface area contributed by atoms with Crippen LogP contribution in [-0.4, -0.2) is 18.6 Å². The maximum absolute atomic E-state index is 12.6. The van der Waals surface area contributed by atoms with E-state index in [0.29, 0.717) is 11.3 Å². The summed E-state index contributed by atoms with van der Waals surface area (Å²) in [6.45, 7) is 0.168. The van der Waals surface area contributed by atoms with Gasteiger partial charge < -0.3 is 14.0 Å². The maximum Gasteiger partial charge on any atom is 0.573 e. The molecule has 1 aromatic carbocycles. The number of nitrogens with zero attached hydrogens (tertiary/aromatic N) is 1. The number of hydrogen-bond acceptors (Lipinski definition) is 4. The second kappa shape index (κ2) is 6.05. The Labute approximate surface area is 135 Å². The third-order valence-electron chi connectivity index (χ3n) is 3.49. The quantitative estimate of drug-likeness (QED) is 0.770. The number of ether oxygens (including phenoxy) is 2. The minimum Gasteiger partial charge on any atom is -0.405 e. The summed E-state index contributed by atoms with van der Waals surface area (Å²) in [5, 5.41) is 4.03. The molecule has 4 nitrogen and oxygen atoms in total. The standard InChI is InChI=1S/C15H13ClF3NO3/c1-21-7-9-13(20-23-14(9)8-5-6-8)12-10(16)3-2-4-11(12)22-15(17,18)19/h2-4,8H,5-7H2,1H3. The summed E-state index contributed by atoms with van der Waals surface area (Å²) in [7, 11) is 1.49. The van der Waals surface area contributed by atoms with Crippen molar-refractivity contribution in [3.8, 4) is 17.0 Å². The highest BCUT2D eigenvalue weighted by molar-refractivity contribution is 6.33. The van der Waals surface area contributed by atoms with E-state index < -0.39 is 12.1 Å². The van der Waals surface area contributed by atoms with Crippen molar-refractivity contribution in [1.82, 2.24) is 5.16 Å². The number of rotatable bonds is 5. The van der Waals surface area contributed by atoms with Crippen molar-refractivity contribution in [3.05, 3.63) is 34.5 Å². The van der Waals surface area contributed by atoms with Crippen LogP contribution in [0.1, 0.15) is 30.1 Å². The van der Waals surface area contributed by atoms with Gasteiger partial charge in [0.2, 0.25) is 0 Å². The van der Waals surface area contributed by atoms with E-state index >= 15 is 0 Å². The number of aromatic nitrogens is 1. The minimum absolute atomic E-state index is 0.0502. The smallest absolute Gasteiger partial charge is 0.405 e. The second-order valence-corrected chi connectivity index (χ2v) is 5.65. The molecule has 23 heavy (non-hydrogen) atoms. The first-order chi connectivity index (χ1) is 10.9. The lowest BCUT2D eigenvalue weighted by Gasteiger charge is -2.14. The predicted molar refractivity (Wildman–Crippen MR) is 76.3 cm³/mol. The van der Waals surface area contributed by atoms with Crippen LogP contribution in [0.15, 0.2) is 22.7 Å². The molecular weight excluding hydrogens is 335 g/mol. The number of benzene rings is 1. The van der Waals surface area contributed by atoms with Gasteiger partial charge in [-0.1, -0.05) is 22.8 Å². The largest absolute Gasteiger partial charge is 0.573 e. The fraction of sp³-hybridized carbons (Fsp3) is 0.400. The Morgan fingerprint density at radius 1 is 1.35 bits per heavy atom. The molecule has 1 aliphatic rings. The summed E-state index contributed by atoms with van der Waals surface area (Å²) in [5.41, 5.74) is 0.878. The van der Waals surface area contributed by atoms with E-state index in [1.54, 1.807) is 0 Å². The van der Waals surface area contributed by atoms with Crippen molar-refractivity contribution in [2.24, 2.45) is 0 Å². The average Bonchev–Trinajstić information content (AvgIpc) is 3.21. The van der Waals surface area contributed by atoms with Crippen LogP contribution in [0, 0.1) is 0 Å². The Morgan fingerprint density at radius 2 is 2.09 bits per heavy atom. The normalized spacial score (nSPS) is 15.0. The van der Waals surface area contributed by atoms with E-state index in [-0.39, 0.29) is 28.8 Å². The summed E-state index contributed by atoms with van der Waals surface area (Å²) in [6, 6.07) is 4.05. The van der Waals surface area contributed by atoms with Gasteiger partial charge in [0.25, 0.3) is 0 Å². The van der Waals surface area contributed by atoms with Crippen molar-refractivity contribution >= 4 is 11.6 Å². The summed E-state index contributed by atoms with van der Waals surface area (Å²) < 4.78 is 52.4. The Bertz CT molecular complexity index is 710. The number of halogens is 4. The van der Waals surface area contributed by atoms with Gasteiger partial charge in [-0.25, -0.2) is 0 Å². The molecule has 3 rings (SSSR count). The number of hydrogen-bond donors (Lipinski definition) is 0. The van der Waals surface area contributed by atoms with E-state index in [2.05, 4.69) is 9.89 Å². The Balaban J connectivity index is 2.11. The fourth-order valence-corrected chi connectivity index (χ4v) is 2.67. The first kappa shape index (κ1) is 16.1. The van der Waals surface area contributed by atoms with Gasteiger partial charge in [0, 0.05) is 18.6 Å². The number of alkyl halides is 3. The van der Waals surface area contributed by atoms with Gasteiger partial charge in [-0.2, -0.15) is 0 Å². The van der Waals surface area contributed by atoms with Crippen LogP contribution in [0.5, 0.6) is 5.75 Å². The summed E-state index contributed by atoms with van der Waals surface area (Å²) in [4.78, 5) is 0. The zero-order valence-electron chi connectivity index (χ0n) is 12.1. The highest BCUT2D eigenvalue weighted by atomic mass is 35.5. The van der Waals surface area contributed by atoms with E-state index in [0.717, 1.165) is 12.8 Å². The average molecular weight is 348 g/mol. The highest BCUT2D eigenvalue weighted by Crippen LogP contribution is 2.47. The first-order valence-electron chi connectivity index (χ1n) is 6.92. The van der Waals surface area contributed by atoms with Gasteiger partial charge in [0.15, 0.2) is 0 Å². The molecule has 1 heterocycles. The molecule has 0 aliphatic heterocycles. The highest BCUT2D eigenvalue weighted by Gasteiger charge is 2.36. The van der Waals surface area contributed by atoms with Crippen molar-refractivity contribution in [3.63, 3.8) is 0 Å². The van der Waals surface area contributed by atoms with Crippen LogP contribution in [-0.2, 0) is 11.3 Å². The molecular formula is C15H13ClF3NO3. The molecule has 1 fully saturated rings. The van der Waals surface area contributed by atoms with Crippen LogP contribution >= 0.6 is 11.6 Å². The molecule has 0 unspecified atom stereocenters. The molecule has 1 aliphatic carbocycles. The van der Waals surface area contributed by atoms with Gasteiger partial charge in [-0.3, -0.25) is 0 Å². The van der Waals surface area contributed by atoms with Crippen LogP contribution < -0.4 is 4.74 Å². The topological polar surface area (TPSA) is 44.5 Å². The van der Waals surface area contributed by atoms with E-state index in [1.165, 1.54) is 25.3 Å². The molecule has 0 atom stereocenters. The molecule has 124 valence electrons.